The van der Waals surface area contributed by atoms with E-state index in [1.165, 1.54) is 12.1 Å². The maximum Gasteiger partial charge on any atom is 0.229 e. The molecule has 0 aliphatic rings. The topological polar surface area (TPSA) is 49.8 Å². The fourth-order valence-corrected chi connectivity index (χ4v) is 1.62. The maximum absolute atomic E-state index is 13.5. The molecule has 0 aliphatic heterocycles. The monoisotopic (exact) mass is 278 g/mol. The van der Waals surface area contributed by atoms with Crippen molar-refractivity contribution in [2.24, 2.45) is 0 Å². The van der Waals surface area contributed by atoms with Crippen LogP contribution in [0, 0.1) is 11.6 Å². The van der Waals surface area contributed by atoms with Gasteiger partial charge in [0.1, 0.15) is 17.5 Å². The standard InChI is InChI=1S/C14H16F2N4/c1-2-3-7-17-13-6-8-18-14(20-13)19-12-5-4-10(15)9-11(12)16/h4-6,8-9H,2-3,7H2,1H3,(H2,17,18,19,20). The average Bonchev–Trinajstić information content (AvgIpc) is 2.43. The van der Waals surface area contributed by atoms with Gasteiger partial charge in [-0.1, -0.05) is 13.3 Å². The van der Waals surface area contributed by atoms with Gasteiger partial charge in [-0.2, -0.15) is 4.98 Å². The summed E-state index contributed by atoms with van der Waals surface area (Å²) in [7, 11) is 0. The highest BCUT2D eigenvalue weighted by Gasteiger charge is 2.06. The Labute approximate surface area is 116 Å². The molecule has 6 heteroatoms. The van der Waals surface area contributed by atoms with Gasteiger partial charge in [0.25, 0.3) is 0 Å². The molecule has 4 nitrogen and oxygen atoms in total. The molecule has 20 heavy (non-hydrogen) atoms. The molecule has 0 saturated heterocycles. The lowest BCUT2D eigenvalue weighted by Crippen LogP contribution is -2.05. The predicted octanol–water partition coefficient (Wildman–Crippen LogP) is 3.71. The van der Waals surface area contributed by atoms with E-state index < -0.39 is 11.6 Å². The average molecular weight is 278 g/mol. The predicted molar refractivity (Wildman–Crippen MR) is 75.1 cm³/mol. The zero-order valence-electron chi connectivity index (χ0n) is 11.2. The van der Waals surface area contributed by atoms with Gasteiger partial charge in [-0.3, -0.25) is 0 Å². The zero-order chi connectivity index (χ0) is 14.4. The van der Waals surface area contributed by atoms with Crippen LogP contribution in [-0.4, -0.2) is 16.5 Å². The molecule has 2 rings (SSSR count). The van der Waals surface area contributed by atoms with Crippen molar-refractivity contribution < 1.29 is 8.78 Å². The Morgan fingerprint density at radius 1 is 1.20 bits per heavy atom. The molecular formula is C14H16F2N4. The Morgan fingerprint density at radius 3 is 2.80 bits per heavy atom. The Hall–Kier alpha value is -2.24. The molecular weight excluding hydrogens is 262 g/mol. The third-order valence-corrected chi connectivity index (χ3v) is 2.67. The number of nitrogens with one attached hydrogen (secondary N) is 2. The summed E-state index contributed by atoms with van der Waals surface area (Å²) in [5.74, 6) is -0.377. The van der Waals surface area contributed by atoms with Gasteiger partial charge < -0.3 is 10.6 Å². The van der Waals surface area contributed by atoms with Crippen LogP contribution < -0.4 is 10.6 Å². The first-order chi connectivity index (χ1) is 9.69. The van der Waals surface area contributed by atoms with Crippen molar-refractivity contribution >= 4 is 17.5 Å². The summed E-state index contributed by atoms with van der Waals surface area (Å²) in [6.07, 6.45) is 3.70. The Kier molecular flexibility index (Phi) is 4.81. The molecule has 0 saturated carbocycles. The van der Waals surface area contributed by atoms with Crippen molar-refractivity contribution in [3.8, 4) is 0 Å². The lowest BCUT2D eigenvalue weighted by atomic mass is 10.3. The van der Waals surface area contributed by atoms with Gasteiger partial charge in [-0.05, 0) is 24.6 Å². The van der Waals surface area contributed by atoms with Crippen LogP contribution in [0.5, 0.6) is 0 Å². The summed E-state index contributed by atoms with van der Waals surface area (Å²) in [6, 6.07) is 5.04. The fraction of sp³-hybridized carbons (Fsp3) is 0.286. The lowest BCUT2D eigenvalue weighted by Gasteiger charge is -2.08. The number of benzene rings is 1. The molecule has 2 N–H and O–H groups in total. The minimum Gasteiger partial charge on any atom is -0.370 e. The Morgan fingerprint density at radius 2 is 2.05 bits per heavy atom. The summed E-state index contributed by atoms with van der Waals surface area (Å²) < 4.78 is 26.3. The van der Waals surface area contributed by atoms with Crippen LogP contribution in [0.1, 0.15) is 19.8 Å². The molecule has 0 aliphatic carbocycles. The van der Waals surface area contributed by atoms with Gasteiger partial charge in [0.15, 0.2) is 0 Å². The summed E-state index contributed by atoms with van der Waals surface area (Å²) in [4.78, 5) is 8.21. The number of unbranched alkanes of at least 4 members (excludes halogenated alkanes) is 1. The summed E-state index contributed by atoms with van der Waals surface area (Å²) in [6.45, 7) is 2.92. The van der Waals surface area contributed by atoms with Crippen LogP contribution in [0.2, 0.25) is 0 Å². The Balaban J connectivity index is 2.07. The van der Waals surface area contributed by atoms with E-state index in [4.69, 9.17) is 0 Å². The second-order valence-electron chi connectivity index (χ2n) is 4.29. The van der Waals surface area contributed by atoms with Gasteiger partial charge in [-0.25, -0.2) is 13.8 Å². The third-order valence-electron chi connectivity index (χ3n) is 2.67. The van der Waals surface area contributed by atoms with Crippen LogP contribution >= 0.6 is 0 Å². The van der Waals surface area contributed by atoms with Crippen LogP contribution in [0.4, 0.5) is 26.2 Å². The van der Waals surface area contributed by atoms with Crippen molar-refractivity contribution in [2.45, 2.75) is 19.8 Å². The first-order valence-corrected chi connectivity index (χ1v) is 6.48. The van der Waals surface area contributed by atoms with Gasteiger partial charge in [0, 0.05) is 18.8 Å². The zero-order valence-corrected chi connectivity index (χ0v) is 11.2. The number of anilines is 3. The van der Waals surface area contributed by atoms with E-state index in [2.05, 4.69) is 27.5 Å². The molecule has 1 heterocycles. The minimum atomic E-state index is -0.682. The van der Waals surface area contributed by atoms with Crippen molar-refractivity contribution in [1.29, 1.82) is 0 Å². The highest BCUT2D eigenvalue weighted by atomic mass is 19.1. The van der Waals surface area contributed by atoms with E-state index >= 15 is 0 Å². The molecule has 2 aromatic rings. The first-order valence-electron chi connectivity index (χ1n) is 6.48. The van der Waals surface area contributed by atoms with Gasteiger partial charge in [-0.15, -0.1) is 0 Å². The van der Waals surface area contributed by atoms with E-state index in [0.717, 1.165) is 25.5 Å². The van der Waals surface area contributed by atoms with E-state index in [1.54, 1.807) is 12.3 Å². The smallest absolute Gasteiger partial charge is 0.229 e. The van der Waals surface area contributed by atoms with Crippen molar-refractivity contribution in [3.05, 3.63) is 42.1 Å². The highest BCUT2D eigenvalue weighted by molar-refractivity contribution is 5.55. The number of halogens is 2. The van der Waals surface area contributed by atoms with E-state index in [9.17, 15) is 8.78 Å². The molecule has 0 unspecified atom stereocenters. The third kappa shape index (κ3) is 3.88. The van der Waals surface area contributed by atoms with Gasteiger partial charge in [0.05, 0.1) is 5.69 Å². The molecule has 0 fully saturated rings. The number of hydrogen-bond donors (Lipinski definition) is 2. The number of rotatable bonds is 6. The van der Waals surface area contributed by atoms with Gasteiger partial charge in [0.2, 0.25) is 5.95 Å². The van der Waals surface area contributed by atoms with Crippen LogP contribution in [0.15, 0.2) is 30.5 Å². The lowest BCUT2D eigenvalue weighted by molar-refractivity contribution is 0.586. The first kappa shape index (κ1) is 14.2. The normalized spacial score (nSPS) is 10.3. The van der Waals surface area contributed by atoms with Crippen LogP contribution in [0.3, 0.4) is 0 Å². The molecule has 0 bridgehead atoms. The quantitative estimate of drug-likeness (QED) is 0.791. The summed E-state index contributed by atoms with van der Waals surface area (Å²) in [5, 5.41) is 5.88. The van der Waals surface area contributed by atoms with Crippen molar-refractivity contribution in [3.63, 3.8) is 0 Å². The number of aromatic nitrogens is 2. The molecule has 1 aromatic carbocycles. The van der Waals surface area contributed by atoms with Gasteiger partial charge >= 0.3 is 0 Å². The molecule has 0 radical (unpaired) electrons. The van der Waals surface area contributed by atoms with Crippen molar-refractivity contribution in [2.75, 3.05) is 17.2 Å². The number of hydrogen-bond acceptors (Lipinski definition) is 4. The minimum absolute atomic E-state index is 0.136. The molecule has 0 atom stereocenters. The SMILES string of the molecule is CCCCNc1ccnc(Nc2ccc(F)cc2F)n1. The van der Waals surface area contributed by atoms with E-state index in [0.29, 0.717) is 5.82 Å². The Bertz CT molecular complexity index is 575. The largest absolute Gasteiger partial charge is 0.370 e. The second kappa shape index (κ2) is 6.79. The molecule has 106 valence electrons. The summed E-state index contributed by atoms with van der Waals surface area (Å²) >= 11 is 0. The van der Waals surface area contributed by atoms with E-state index in [1.807, 2.05) is 0 Å². The second-order valence-corrected chi connectivity index (χ2v) is 4.29. The highest BCUT2D eigenvalue weighted by Crippen LogP contribution is 2.18. The van der Waals surface area contributed by atoms with E-state index in [-0.39, 0.29) is 11.6 Å². The molecule has 0 amide bonds. The van der Waals surface area contributed by atoms with Crippen LogP contribution in [-0.2, 0) is 0 Å². The van der Waals surface area contributed by atoms with Crippen molar-refractivity contribution in [1.82, 2.24) is 9.97 Å². The molecule has 1 aromatic heterocycles. The molecule has 0 spiro atoms. The maximum atomic E-state index is 13.5. The number of nitrogens with zero attached hydrogens (tertiary/aromatic N) is 2. The fourth-order valence-electron chi connectivity index (χ4n) is 1.62. The summed E-state index contributed by atoms with van der Waals surface area (Å²) in [5.41, 5.74) is 0.136. The van der Waals surface area contributed by atoms with Crippen LogP contribution in [0.25, 0.3) is 0 Å².